The number of ether oxygens (including phenoxy) is 2. The molecule has 1 aromatic heterocycles. The fraction of sp³-hybridized carbons (Fsp3) is 0.267. The van der Waals surface area contributed by atoms with Crippen molar-refractivity contribution in [2.24, 2.45) is 0 Å². The van der Waals surface area contributed by atoms with Crippen molar-refractivity contribution in [2.45, 2.75) is 38.5 Å². The fourth-order valence-electron chi connectivity index (χ4n) is 5.01. The zero-order chi connectivity index (χ0) is 25.1. The quantitative estimate of drug-likeness (QED) is 0.295. The zero-order valence-electron chi connectivity index (χ0n) is 20.5. The van der Waals surface area contributed by atoms with E-state index >= 15 is 0 Å². The lowest BCUT2D eigenvalue weighted by molar-refractivity contribution is -0.137. The molecule has 6 nitrogen and oxygen atoms in total. The molecule has 5 rings (SSSR count). The van der Waals surface area contributed by atoms with Crippen molar-refractivity contribution in [3.8, 4) is 34.1 Å². The monoisotopic (exact) mass is 483 g/mol. The van der Waals surface area contributed by atoms with Crippen LogP contribution in [0.1, 0.15) is 41.3 Å². The van der Waals surface area contributed by atoms with Crippen LogP contribution in [0.5, 0.6) is 11.5 Å². The number of hydrogen-bond acceptors (Lipinski definition) is 5. The largest absolute Gasteiger partial charge is 0.497 e. The van der Waals surface area contributed by atoms with Gasteiger partial charge in [-0.15, -0.1) is 0 Å². The van der Waals surface area contributed by atoms with Crippen LogP contribution in [0.3, 0.4) is 0 Å². The predicted molar refractivity (Wildman–Crippen MR) is 138 cm³/mol. The Morgan fingerprint density at radius 1 is 1.06 bits per heavy atom. The Hall–Kier alpha value is -4.06. The van der Waals surface area contributed by atoms with Crippen molar-refractivity contribution in [2.75, 3.05) is 13.7 Å². The van der Waals surface area contributed by atoms with Crippen LogP contribution >= 0.6 is 0 Å². The lowest BCUT2D eigenvalue weighted by Crippen LogP contribution is -2.06. The molecule has 0 aliphatic heterocycles. The minimum atomic E-state index is -0.767. The normalized spacial score (nSPS) is 14.4. The molecule has 0 fully saturated rings. The molecule has 1 aliphatic carbocycles. The number of methoxy groups -OCH3 is 1. The molecule has 3 aromatic carbocycles. The van der Waals surface area contributed by atoms with E-state index in [1.54, 1.807) is 7.11 Å². The first-order valence-corrected chi connectivity index (χ1v) is 12.2. The average molecular weight is 484 g/mol. The number of aliphatic carboxylic acids is 1. The summed E-state index contributed by atoms with van der Waals surface area (Å²) in [6.45, 7) is 2.37. The Bertz CT molecular complexity index is 1360. The Balaban J connectivity index is 1.40. The Morgan fingerprint density at radius 3 is 2.56 bits per heavy atom. The number of hydrogen-bond donors (Lipinski definition) is 1. The number of nitrogens with zero attached hydrogens (tertiary/aromatic N) is 1. The smallest absolute Gasteiger partial charge is 0.303 e. The first-order chi connectivity index (χ1) is 17.5. The summed E-state index contributed by atoms with van der Waals surface area (Å²) in [5.74, 6) is 2.24. The van der Waals surface area contributed by atoms with Gasteiger partial charge in [0.15, 0.2) is 0 Å². The van der Waals surface area contributed by atoms with Gasteiger partial charge in [-0.2, -0.15) is 0 Å². The van der Waals surface area contributed by atoms with Crippen molar-refractivity contribution in [3.63, 3.8) is 0 Å². The molecule has 1 heterocycles. The zero-order valence-corrected chi connectivity index (χ0v) is 20.5. The van der Waals surface area contributed by atoms with E-state index < -0.39 is 5.97 Å². The summed E-state index contributed by atoms with van der Waals surface area (Å²) < 4.78 is 17.6. The van der Waals surface area contributed by atoms with Crippen LogP contribution in [0.2, 0.25) is 0 Å². The van der Waals surface area contributed by atoms with Gasteiger partial charge in [0, 0.05) is 17.5 Å². The first-order valence-electron chi connectivity index (χ1n) is 12.2. The number of carbonyl (C=O) groups is 1. The van der Waals surface area contributed by atoms with E-state index in [1.807, 2.05) is 73.7 Å². The molecule has 1 unspecified atom stereocenters. The summed E-state index contributed by atoms with van der Waals surface area (Å²) in [6.07, 6.45) is 2.41. The van der Waals surface area contributed by atoms with Gasteiger partial charge in [-0.3, -0.25) is 4.79 Å². The summed E-state index contributed by atoms with van der Waals surface area (Å²) in [4.78, 5) is 16.1. The third-order valence-electron chi connectivity index (χ3n) is 6.80. The highest BCUT2D eigenvalue weighted by Gasteiger charge is 2.29. The van der Waals surface area contributed by atoms with Gasteiger partial charge < -0.3 is 19.0 Å². The van der Waals surface area contributed by atoms with Crippen molar-refractivity contribution >= 4 is 5.97 Å². The Morgan fingerprint density at radius 2 is 1.83 bits per heavy atom. The van der Waals surface area contributed by atoms with Crippen LogP contribution < -0.4 is 9.47 Å². The second-order valence-electron chi connectivity index (χ2n) is 9.05. The molecule has 1 aliphatic rings. The molecule has 184 valence electrons. The van der Waals surface area contributed by atoms with Crippen LogP contribution in [-0.4, -0.2) is 29.8 Å². The molecule has 1 N–H and O–H groups in total. The van der Waals surface area contributed by atoms with Gasteiger partial charge in [-0.05, 0) is 72.7 Å². The second kappa shape index (κ2) is 10.3. The molecule has 0 saturated carbocycles. The fourth-order valence-corrected chi connectivity index (χ4v) is 5.01. The van der Waals surface area contributed by atoms with Gasteiger partial charge in [0.05, 0.1) is 25.8 Å². The number of oxazole rings is 1. The van der Waals surface area contributed by atoms with E-state index in [-0.39, 0.29) is 12.3 Å². The van der Waals surface area contributed by atoms with E-state index in [1.165, 1.54) is 5.56 Å². The highest BCUT2D eigenvalue weighted by atomic mass is 16.5. The molecule has 0 spiro atoms. The number of carboxylic acids is 1. The summed E-state index contributed by atoms with van der Waals surface area (Å²) in [5.41, 5.74) is 6.17. The van der Waals surface area contributed by atoms with Crippen LogP contribution in [0.25, 0.3) is 22.6 Å². The third kappa shape index (κ3) is 4.85. The molecular formula is C30H29NO5. The highest BCUT2D eigenvalue weighted by Crippen LogP contribution is 2.45. The number of carboxylic acid groups (broad SMARTS) is 1. The van der Waals surface area contributed by atoms with Crippen LogP contribution in [0.4, 0.5) is 0 Å². The minimum absolute atomic E-state index is 0.0257. The van der Waals surface area contributed by atoms with E-state index in [9.17, 15) is 9.90 Å². The van der Waals surface area contributed by atoms with E-state index in [0.29, 0.717) is 18.9 Å². The van der Waals surface area contributed by atoms with Gasteiger partial charge >= 0.3 is 5.97 Å². The van der Waals surface area contributed by atoms with Crippen LogP contribution in [-0.2, 0) is 17.6 Å². The summed E-state index contributed by atoms with van der Waals surface area (Å²) in [7, 11) is 1.65. The number of benzene rings is 3. The van der Waals surface area contributed by atoms with Gasteiger partial charge in [-0.25, -0.2) is 4.98 Å². The molecule has 0 amide bonds. The molecular weight excluding hydrogens is 454 g/mol. The third-order valence-corrected chi connectivity index (χ3v) is 6.80. The minimum Gasteiger partial charge on any atom is -0.497 e. The topological polar surface area (TPSA) is 81.8 Å². The second-order valence-corrected chi connectivity index (χ2v) is 9.05. The van der Waals surface area contributed by atoms with Crippen molar-refractivity contribution in [1.29, 1.82) is 0 Å². The first kappa shape index (κ1) is 23.7. The molecule has 1 atom stereocenters. The maximum atomic E-state index is 11.4. The van der Waals surface area contributed by atoms with Gasteiger partial charge in [0.2, 0.25) is 5.89 Å². The lowest BCUT2D eigenvalue weighted by atomic mass is 9.92. The molecule has 0 saturated heterocycles. The molecule has 4 aromatic rings. The number of fused-ring (bicyclic) bond motifs is 1. The Kier molecular flexibility index (Phi) is 6.76. The molecule has 6 heteroatoms. The summed E-state index contributed by atoms with van der Waals surface area (Å²) in [6, 6.07) is 21.8. The molecule has 36 heavy (non-hydrogen) atoms. The standard InChI is InChI=1S/C30H29NO5/c1-19-26(31-30(36-19)21-6-4-3-5-7-21)16-17-35-27-15-14-24-22(18-28(32)33)10-13-25(24)29(27)20-8-11-23(34-2)12-9-20/h3-9,11-12,14-15,22H,10,13,16-18H2,1-2H3,(H,32,33). The SMILES string of the molecule is COc1ccc(-c2c(OCCc3nc(-c4ccccc4)oc3C)ccc3c2CCC3CC(=O)O)cc1. The van der Waals surface area contributed by atoms with E-state index in [0.717, 1.165) is 58.0 Å². The van der Waals surface area contributed by atoms with Crippen molar-refractivity contribution < 1.29 is 23.8 Å². The number of rotatable bonds is 9. The maximum absolute atomic E-state index is 11.4. The predicted octanol–water partition coefficient (Wildman–Crippen LogP) is 6.45. The van der Waals surface area contributed by atoms with Gasteiger partial charge in [-0.1, -0.05) is 36.4 Å². The lowest BCUT2D eigenvalue weighted by Gasteiger charge is -2.17. The van der Waals surface area contributed by atoms with Crippen LogP contribution in [0, 0.1) is 6.92 Å². The summed E-state index contributed by atoms with van der Waals surface area (Å²) in [5, 5.41) is 9.37. The molecule has 0 bridgehead atoms. The van der Waals surface area contributed by atoms with Crippen LogP contribution in [0.15, 0.2) is 71.1 Å². The van der Waals surface area contributed by atoms with Gasteiger partial charge in [0.25, 0.3) is 0 Å². The maximum Gasteiger partial charge on any atom is 0.303 e. The van der Waals surface area contributed by atoms with Gasteiger partial charge in [0.1, 0.15) is 17.3 Å². The number of aromatic nitrogens is 1. The van der Waals surface area contributed by atoms with E-state index in [2.05, 4.69) is 0 Å². The van der Waals surface area contributed by atoms with Crippen molar-refractivity contribution in [1.82, 2.24) is 4.98 Å². The average Bonchev–Trinajstić information content (AvgIpc) is 3.47. The van der Waals surface area contributed by atoms with E-state index in [4.69, 9.17) is 18.9 Å². The Labute approximate surface area is 210 Å². The number of aryl methyl sites for hydroxylation is 1. The summed E-state index contributed by atoms with van der Waals surface area (Å²) >= 11 is 0. The van der Waals surface area contributed by atoms with Crippen molar-refractivity contribution in [3.05, 3.63) is 89.3 Å². The highest BCUT2D eigenvalue weighted by molar-refractivity contribution is 5.78. The molecule has 0 radical (unpaired) electrons.